The van der Waals surface area contributed by atoms with Gasteiger partial charge in [0.15, 0.2) is 0 Å². The molecule has 90 valence electrons. The summed E-state index contributed by atoms with van der Waals surface area (Å²) >= 11 is 4.43. The molecule has 0 aromatic carbocycles. The molecule has 0 aromatic heterocycles. The summed E-state index contributed by atoms with van der Waals surface area (Å²) in [7, 11) is 0. The highest BCUT2D eigenvalue weighted by molar-refractivity contribution is 7.80. The van der Waals surface area contributed by atoms with Crippen molar-refractivity contribution in [1.82, 2.24) is 0 Å². The lowest BCUT2D eigenvalue weighted by molar-refractivity contribution is -0.0385. The topological polar surface area (TPSA) is 27.7 Å². The summed E-state index contributed by atoms with van der Waals surface area (Å²) in [5.41, 5.74) is 0.230. The second-order valence-electron chi connectivity index (χ2n) is 4.02. The molecule has 0 saturated carbocycles. The summed E-state index contributed by atoms with van der Waals surface area (Å²) in [5.74, 6) is 0.880. The minimum atomic E-state index is 0.230. The average Bonchev–Trinajstić information content (AvgIpc) is 2.30. The molecule has 0 N–H and O–H groups in total. The van der Waals surface area contributed by atoms with Crippen molar-refractivity contribution >= 4 is 12.6 Å². The first-order valence-electron chi connectivity index (χ1n) is 5.67. The van der Waals surface area contributed by atoms with E-state index in [1.165, 1.54) is 0 Å². The number of hydrogen-bond donors (Lipinski definition) is 1. The van der Waals surface area contributed by atoms with Crippen LogP contribution in [0.2, 0.25) is 0 Å². The van der Waals surface area contributed by atoms with Crippen LogP contribution in [0.3, 0.4) is 0 Å². The molecule has 0 aliphatic carbocycles. The molecule has 0 aromatic rings. The molecule has 0 amide bonds. The van der Waals surface area contributed by atoms with Crippen LogP contribution in [0.1, 0.15) is 19.8 Å². The molecule has 1 fully saturated rings. The van der Waals surface area contributed by atoms with Crippen LogP contribution in [0.25, 0.3) is 0 Å². The zero-order valence-corrected chi connectivity index (χ0v) is 10.4. The molecule has 0 spiro atoms. The van der Waals surface area contributed by atoms with Crippen LogP contribution >= 0.6 is 12.6 Å². The molecule has 15 heavy (non-hydrogen) atoms. The van der Waals surface area contributed by atoms with E-state index in [1.54, 1.807) is 0 Å². The van der Waals surface area contributed by atoms with Crippen molar-refractivity contribution in [2.45, 2.75) is 19.8 Å². The minimum Gasteiger partial charge on any atom is -0.381 e. The van der Waals surface area contributed by atoms with Gasteiger partial charge >= 0.3 is 0 Å². The van der Waals surface area contributed by atoms with Crippen molar-refractivity contribution in [1.29, 1.82) is 0 Å². The van der Waals surface area contributed by atoms with E-state index in [-0.39, 0.29) is 5.41 Å². The zero-order chi connectivity index (χ0) is 11.0. The molecule has 3 nitrogen and oxygen atoms in total. The molecule has 1 aliphatic heterocycles. The molecule has 0 radical (unpaired) electrons. The Morgan fingerprint density at radius 2 is 1.87 bits per heavy atom. The van der Waals surface area contributed by atoms with Crippen LogP contribution in [0.4, 0.5) is 0 Å². The Balaban J connectivity index is 2.15. The normalized spacial score (nSPS) is 20.4. The van der Waals surface area contributed by atoms with Gasteiger partial charge < -0.3 is 14.2 Å². The molecule has 4 heteroatoms. The summed E-state index contributed by atoms with van der Waals surface area (Å²) in [6.07, 6.45) is 2.12. The predicted molar refractivity (Wildman–Crippen MR) is 63.7 cm³/mol. The summed E-state index contributed by atoms with van der Waals surface area (Å²) < 4.78 is 16.2. The molecule has 1 heterocycles. The van der Waals surface area contributed by atoms with Crippen molar-refractivity contribution in [2.75, 3.05) is 45.4 Å². The maximum atomic E-state index is 5.64. The van der Waals surface area contributed by atoms with Crippen LogP contribution in [0, 0.1) is 5.41 Å². The Labute approximate surface area is 97.9 Å². The van der Waals surface area contributed by atoms with Crippen molar-refractivity contribution in [2.24, 2.45) is 5.41 Å². The van der Waals surface area contributed by atoms with E-state index in [0.717, 1.165) is 45.0 Å². The monoisotopic (exact) mass is 234 g/mol. The van der Waals surface area contributed by atoms with Gasteiger partial charge in [-0.05, 0) is 25.5 Å². The number of thiol groups is 1. The average molecular weight is 234 g/mol. The fourth-order valence-corrected chi connectivity index (χ4v) is 2.11. The Bertz CT molecular complexity index is 158. The smallest absolute Gasteiger partial charge is 0.0700 e. The highest BCUT2D eigenvalue weighted by Crippen LogP contribution is 2.31. The SMILES string of the molecule is CCOCCOCC1(CS)CCOCC1. The highest BCUT2D eigenvalue weighted by Gasteiger charge is 2.31. The largest absolute Gasteiger partial charge is 0.381 e. The van der Waals surface area contributed by atoms with Crippen molar-refractivity contribution < 1.29 is 14.2 Å². The summed E-state index contributed by atoms with van der Waals surface area (Å²) in [6, 6.07) is 0. The van der Waals surface area contributed by atoms with E-state index in [2.05, 4.69) is 12.6 Å². The third-order valence-corrected chi connectivity index (χ3v) is 3.54. The van der Waals surface area contributed by atoms with E-state index in [0.29, 0.717) is 13.2 Å². The number of rotatable bonds is 7. The Morgan fingerprint density at radius 1 is 1.20 bits per heavy atom. The summed E-state index contributed by atoms with van der Waals surface area (Å²) in [6.45, 7) is 6.60. The fourth-order valence-electron chi connectivity index (χ4n) is 1.70. The van der Waals surface area contributed by atoms with E-state index >= 15 is 0 Å². The van der Waals surface area contributed by atoms with E-state index < -0.39 is 0 Å². The van der Waals surface area contributed by atoms with Gasteiger partial charge in [0.05, 0.1) is 19.8 Å². The molecule has 1 rings (SSSR count). The Morgan fingerprint density at radius 3 is 2.47 bits per heavy atom. The molecule has 0 bridgehead atoms. The molecule has 1 aliphatic rings. The first kappa shape index (κ1) is 13.3. The van der Waals surface area contributed by atoms with Gasteiger partial charge in [0.1, 0.15) is 0 Å². The van der Waals surface area contributed by atoms with Gasteiger partial charge in [-0.15, -0.1) is 0 Å². The lowest BCUT2D eigenvalue weighted by Gasteiger charge is -2.35. The third kappa shape index (κ3) is 4.72. The first-order chi connectivity index (χ1) is 7.33. The first-order valence-corrected chi connectivity index (χ1v) is 6.30. The third-order valence-electron chi connectivity index (χ3n) is 2.87. The van der Waals surface area contributed by atoms with Crippen LogP contribution < -0.4 is 0 Å². The second-order valence-corrected chi connectivity index (χ2v) is 4.34. The maximum absolute atomic E-state index is 5.64. The van der Waals surface area contributed by atoms with Crippen LogP contribution in [-0.2, 0) is 14.2 Å². The summed E-state index contributed by atoms with van der Waals surface area (Å²) in [4.78, 5) is 0. The van der Waals surface area contributed by atoms with Gasteiger partial charge in [-0.25, -0.2) is 0 Å². The number of ether oxygens (including phenoxy) is 3. The van der Waals surface area contributed by atoms with E-state index in [1.807, 2.05) is 6.92 Å². The lowest BCUT2D eigenvalue weighted by atomic mass is 9.83. The lowest BCUT2D eigenvalue weighted by Crippen LogP contribution is -2.36. The van der Waals surface area contributed by atoms with Crippen molar-refractivity contribution in [3.63, 3.8) is 0 Å². The Hall–Kier alpha value is 0.230. The fraction of sp³-hybridized carbons (Fsp3) is 1.00. The Kier molecular flexibility index (Phi) is 6.64. The molecule has 0 atom stereocenters. The molecule has 0 unspecified atom stereocenters. The molecular formula is C11H22O3S. The van der Waals surface area contributed by atoms with Crippen LogP contribution in [0.5, 0.6) is 0 Å². The van der Waals surface area contributed by atoms with Gasteiger partial charge in [-0.1, -0.05) is 0 Å². The quantitative estimate of drug-likeness (QED) is 0.537. The molecule has 1 saturated heterocycles. The van der Waals surface area contributed by atoms with E-state index in [4.69, 9.17) is 14.2 Å². The van der Waals surface area contributed by atoms with Crippen LogP contribution in [0.15, 0.2) is 0 Å². The number of hydrogen-bond acceptors (Lipinski definition) is 4. The summed E-state index contributed by atoms with van der Waals surface area (Å²) in [5, 5.41) is 0. The van der Waals surface area contributed by atoms with Gasteiger partial charge in [-0.3, -0.25) is 0 Å². The van der Waals surface area contributed by atoms with Crippen molar-refractivity contribution in [3.05, 3.63) is 0 Å². The minimum absolute atomic E-state index is 0.230. The van der Waals surface area contributed by atoms with Gasteiger partial charge in [0.25, 0.3) is 0 Å². The van der Waals surface area contributed by atoms with E-state index in [9.17, 15) is 0 Å². The second kappa shape index (κ2) is 7.49. The maximum Gasteiger partial charge on any atom is 0.0700 e. The van der Waals surface area contributed by atoms with Gasteiger partial charge in [0.2, 0.25) is 0 Å². The van der Waals surface area contributed by atoms with Crippen LogP contribution in [-0.4, -0.2) is 45.4 Å². The predicted octanol–water partition coefficient (Wildman–Crippen LogP) is 1.77. The highest BCUT2D eigenvalue weighted by atomic mass is 32.1. The zero-order valence-electron chi connectivity index (χ0n) is 9.54. The standard InChI is InChI=1S/C11H22O3S/c1-2-12-7-8-14-9-11(10-15)3-5-13-6-4-11/h15H,2-10H2,1H3. The van der Waals surface area contributed by atoms with Gasteiger partial charge in [0, 0.05) is 25.2 Å². The van der Waals surface area contributed by atoms with Gasteiger partial charge in [-0.2, -0.15) is 12.6 Å². The molecular weight excluding hydrogens is 212 g/mol. The van der Waals surface area contributed by atoms with Crippen molar-refractivity contribution in [3.8, 4) is 0 Å².